The van der Waals surface area contributed by atoms with Crippen molar-refractivity contribution in [3.8, 4) is 0 Å². The highest BCUT2D eigenvalue weighted by Crippen LogP contribution is 2.21. The van der Waals surface area contributed by atoms with Gasteiger partial charge >= 0.3 is 0 Å². The molecule has 0 saturated carbocycles. The molecule has 1 aliphatic rings. The van der Waals surface area contributed by atoms with Crippen LogP contribution in [0.4, 0.5) is 0 Å². The molecule has 1 fully saturated rings. The molecule has 5 nitrogen and oxygen atoms in total. The van der Waals surface area contributed by atoms with Gasteiger partial charge in [-0.1, -0.05) is 60.7 Å². The first-order chi connectivity index (χ1) is 15.3. The van der Waals surface area contributed by atoms with Crippen LogP contribution in [0.1, 0.15) is 43.2 Å². The van der Waals surface area contributed by atoms with E-state index in [9.17, 15) is 0 Å². The van der Waals surface area contributed by atoms with Gasteiger partial charge in [-0.2, -0.15) is 0 Å². The molecule has 0 radical (unpaired) electrons. The van der Waals surface area contributed by atoms with E-state index in [-0.39, 0.29) is 0 Å². The van der Waals surface area contributed by atoms with Crippen LogP contribution in [-0.4, -0.2) is 51.5 Å². The molecule has 3 rings (SSSR count). The van der Waals surface area contributed by atoms with E-state index in [1.165, 1.54) is 11.1 Å². The lowest BCUT2D eigenvalue weighted by molar-refractivity contribution is -0.0320. The third kappa shape index (κ3) is 8.72. The molecule has 1 aliphatic heterocycles. The molecular formula is C26H37N3O2. The summed E-state index contributed by atoms with van der Waals surface area (Å²) in [6.45, 7) is 6.97. The van der Waals surface area contributed by atoms with Crippen molar-refractivity contribution in [2.75, 3.05) is 39.5 Å². The second-order valence-electron chi connectivity index (χ2n) is 7.98. The first-order valence-corrected chi connectivity index (χ1v) is 11.7. The number of hydrogen-bond acceptors (Lipinski definition) is 3. The van der Waals surface area contributed by atoms with Crippen LogP contribution in [0.3, 0.4) is 0 Å². The minimum Gasteiger partial charge on any atom is -0.381 e. The van der Waals surface area contributed by atoms with E-state index in [0.717, 1.165) is 71.1 Å². The lowest BCUT2D eigenvalue weighted by Gasteiger charge is -2.22. The van der Waals surface area contributed by atoms with Crippen LogP contribution in [0.25, 0.3) is 0 Å². The van der Waals surface area contributed by atoms with Gasteiger partial charge < -0.3 is 20.1 Å². The molecule has 31 heavy (non-hydrogen) atoms. The molecule has 2 aromatic rings. The summed E-state index contributed by atoms with van der Waals surface area (Å²) in [6.07, 6.45) is 4.33. The molecule has 1 heterocycles. The molecule has 0 bridgehead atoms. The SMILES string of the molecule is CCNC(=NCC(Cc1ccccc1)c1ccccc1)NCCCOC1CCOCC1. The van der Waals surface area contributed by atoms with Gasteiger partial charge in [0.25, 0.3) is 0 Å². The number of guanidine groups is 1. The minimum atomic E-state index is 0.343. The zero-order valence-electron chi connectivity index (χ0n) is 18.8. The van der Waals surface area contributed by atoms with Crippen LogP contribution in [0.2, 0.25) is 0 Å². The molecule has 5 heteroatoms. The van der Waals surface area contributed by atoms with Crippen LogP contribution < -0.4 is 10.6 Å². The fourth-order valence-corrected chi connectivity index (χ4v) is 3.83. The Kier molecular flexibility index (Phi) is 10.4. The van der Waals surface area contributed by atoms with Crippen molar-refractivity contribution in [1.82, 2.24) is 10.6 Å². The second-order valence-corrected chi connectivity index (χ2v) is 7.98. The van der Waals surface area contributed by atoms with Gasteiger partial charge in [-0.05, 0) is 43.7 Å². The van der Waals surface area contributed by atoms with Crippen molar-refractivity contribution in [2.45, 2.75) is 44.6 Å². The number of aliphatic imine (C=N–C) groups is 1. The molecule has 2 aromatic carbocycles. The quantitative estimate of drug-likeness (QED) is 0.324. The smallest absolute Gasteiger partial charge is 0.191 e. The summed E-state index contributed by atoms with van der Waals surface area (Å²) in [5.41, 5.74) is 2.67. The molecule has 2 N–H and O–H groups in total. The maximum absolute atomic E-state index is 5.97. The van der Waals surface area contributed by atoms with Gasteiger partial charge in [-0.25, -0.2) is 0 Å². The van der Waals surface area contributed by atoms with E-state index in [0.29, 0.717) is 12.0 Å². The van der Waals surface area contributed by atoms with Crippen LogP contribution in [0, 0.1) is 0 Å². The number of hydrogen-bond donors (Lipinski definition) is 2. The van der Waals surface area contributed by atoms with Crippen molar-refractivity contribution < 1.29 is 9.47 Å². The van der Waals surface area contributed by atoms with Crippen LogP contribution in [0.15, 0.2) is 65.7 Å². The number of nitrogens with zero attached hydrogens (tertiary/aromatic N) is 1. The first-order valence-electron chi connectivity index (χ1n) is 11.7. The maximum atomic E-state index is 5.97. The zero-order valence-corrected chi connectivity index (χ0v) is 18.8. The Balaban J connectivity index is 1.51. The number of nitrogens with one attached hydrogen (secondary N) is 2. The highest BCUT2D eigenvalue weighted by molar-refractivity contribution is 5.79. The molecule has 168 valence electrons. The van der Waals surface area contributed by atoms with E-state index < -0.39 is 0 Å². The Hall–Kier alpha value is -2.37. The highest BCUT2D eigenvalue weighted by atomic mass is 16.5. The molecule has 1 unspecified atom stereocenters. The van der Waals surface area contributed by atoms with Crippen LogP contribution in [0.5, 0.6) is 0 Å². The summed E-state index contributed by atoms with van der Waals surface area (Å²) in [4.78, 5) is 4.91. The van der Waals surface area contributed by atoms with Gasteiger partial charge in [-0.3, -0.25) is 4.99 Å². The van der Waals surface area contributed by atoms with Gasteiger partial charge in [0, 0.05) is 45.4 Å². The largest absolute Gasteiger partial charge is 0.381 e. The second kappa shape index (κ2) is 13.8. The summed E-state index contributed by atoms with van der Waals surface area (Å²) in [5, 5.41) is 6.84. The average molecular weight is 424 g/mol. The van der Waals surface area contributed by atoms with Gasteiger partial charge in [0.05, 0.1) is 6.10 Å². The number of benzene rings is 2. The third-order valence-electron chi connectivity index (χ3n) is 5.55. The standard InChI is InChI=1S/C26H37N3O2/c1-2-27-26(28-16-9-17-31-25-14-18-30-19-15-25)29-21-24(23-12-7-4-8-13-23)20-22-10-5-3-6-11-22/h3-8,10-13,24-25H,2,9,14-21H2,1H3,(H2,27,28,29). The Morgan fingerprint density at radius 2 is 1.74 bits per heavy atom. The van der Waals surface area contributed by atoms with Crippen molar-refractivity contribution >= 4 is 5.96 Å². The maximum Gasteiger partial charge on any atom is 0.191 e. The fraction of sp³-hybridized carbons (Fsp3) is 0.500. The summed E-state index contributed by atoms with van der Waals surface area (Å²) in [5.74, 6) is 1.22. The predicted octanol–water partition coefficient (Wildman–Crippen LogP) is 4.15. The Morgan fingerprint density at radius 3 is 2.45 bits per heavy atom. The van der Waals surface area contributed by atoms with E-state index in [1.54, 1.807) is 0 Å². The van der Waals surface area contributed by atoms with Crippen molar-refractivity contribution in [3.05, 3.63) is 71.8 Å². The Morgan fingerprint density at radius 1 is 1.03 bits per heavy atom. The average Bonchev–Trinajstić information content (AvgIpc) is 2.83. The number of rotatable bonds is 11. The van der Waals surface area contributed by atoms with Gasteiger partial charge in [0.2, 0.25) is 0 Å². The first kappa shape index (κ1) is 23.3. The van der Waals surface area contributed by atoms with Crippen molar-refractivity contribution in [1.29, 1.82) is 0 Å². The Bertz CT molecular complexity index is 746. The summed E-state index contributed by atoms with van der Waals surface area (Å²) >= 11 is 0. The topological polar surface area (TPSA) is 54.9 Å². The molecule has 0 spiro atoms. The van der Waals surface area contributed by atoms with E-state index in [1.807, 2.05) is 0 Å². The van der Waals surface area contributed by atoms with Gasteiger partial charge in [0.1, 0.15) is 0 Å². The zero-order chi connectivity index (χ0) is 21.6. The van der Waals surface area contributed by atoms with Gasteiger partial charge in [-0.15, -0.1) is 0 Å². The van der Waals surface area contributed by atoms with E-state index in [2.05, 4.69) is 78.2 Å². The van der Waals surface area contributed by atoms with Crippen molar-refractivity contribution in [3.63, 3.8) is 0 Å². The van der Waals surface area contributed by atoms with Gasteiger partial charge in [0.15, 0.2) is 5.96 Å². The van der Waals surface area contributed by atoms with Crippen LogP contribution in [-0.2, 0) is 15.9 Å². The molecule has 1 saturated heterocycles. The van der Waals surface area contributed by atoms with E-state index >= 15 is 0 Å². The summed E-state index contributed by atoms with van der Waals surface area (Å²) < 4.78 is 11.4. The Labute approximate surface area is 187 Å². The normalized spacial score (nSPS) is 16.1. The number of ether oxygens (including phenoxy) is 2. The summed E-state index contributed by atoms with van der Waals surface area (Å²) in [6, 6.07) is 21.4. The van der Waals surface area contributed by atoms with Crippen LogP contribution >= 0.6 is 0 Å². The lowest BCUT2D eigenvalue weighted by Crippen LogP contribution is -2.38. The molecule has 0 amide bonds. The highest BCUT2D eigenvalue weighted by Gasteiger charge is 2.14. The van der Waals surface area contributed by atoms with E-state index in [4.69, 9.17) is 14.5 Å². The molecule has 1 atom stereocenters. The minimum absolute atomic E-state index is 0.343. The summed E-state index contributed by atoms with van der Waals surface area (Å²) in [7, 11) is 0. The lowest BCUT2D eigenvalue weighted by atomic mass is 9.92. The molecular weight excluding hydrogens is 386 g/mol. The van der Waals surface area contributed by atoms with Crippen molar-refractivity contribution in [2.24, 2.45) is 4.99 Å². The monoisotopic (exact) mass is 423 g/mol. The fourth-order valence-electron chi connectivity index (χ4n) is 3.83. The molecule has 0 aromatic heterocycles. The third-order valence-corrected chi connectivity index (χ3v) is 5.55. The predicted molar refractivity (Wildman–Crippen MR) is 128 cm³/mol. The molecule has 0 aliphatic carbocycles.